The van der Waals surface area contributed by atoms with Gasteiger partial charge in [0.1, 0.15) is 0 Å². The molecule has 0 unspecified atom stereocenters. The molecule has 0 heterocycles. The van der Waals surface area contributed by atoms with E-state index in [4.69, 9.17) is 13.9 Å². The molecule has 0 amide bonds. The summed E-state index contributed by atoms with van der Waals surface area (Å²) >= 11 is 1.99. The molecule has 3 aromatic rings. The van der Waals surface area contributed by atoms with Crippen molar-refractivity contribution in [2.24, 2.45) is 0 Å². The van der Waals surface area contributed by atoms with E-state index < -0.39 is 26.5 Å². The second-order valence-corrected chi connectivity index (χ2v) is 16.6. The number of phenols is 1. The Kier molecular flexibility index (Phi) is 12.6. The van der Waals surface area contributed by atoms with Crippen LogP contribution in [0, 0.1) is 3.57 Å². The number of halogens is 1. The fourth-order valence-corrected chi connectivity index (χ4v) is 10.2. The quantitative estimate of drug-likeness (QED) is 0.0943. The molecular weight excluding hydrogens is 675 g/mol. The summed E-state index contributed by atoms with van der Waals surface area (Å²) < 4.78 is 17.8. The van der Waals surface area contributed by atoms with Gasteiger partial charge in [-0.25, -0.2) is 4.79 Å². The zero-order valence-electron chi connectivity index (χ0n) is 25.3. The third kappa shape index (κ3) is 8.59. The van der Waals surface area contributed by atoms with Crippen LogP contribution in [-0.2, 0) is 14.0 Å². The molecule has 0 saturated carbocycles. The topological polar surface area (TPSA) is 105 Å². The van der Waals surface area contributed by atoms with Crippen LogP contribution in [0.4, 0.5) is 0 Å². The maximum absolute atomic E-state index is 12.3. The Hall–Kier alpha value is -2.92. The monoisotopic (exact) mass is 716 g/mol. The molecule has 0 spiro atoms. The zero-order valence-corrected chi connectivity index (χ0v) is 28.5. The molecule has 230 valence electrons. The number of aliphatic hydroxyl groups is 2. The third-order valence-corrected chi connectivity index (χ3v) is 13.0. The number of hydrogen-bond acceptors (Lipinski definition) is 7. The Morgan fingerprint density at radius 2 is 1.60 bits per heavy atom. The number of methoxy groups -OCH3 is 1. The van der Waals surface area contributed by atoms with E-state index in [-0.39, 0.29) is 42.6 Å². The number of carbonyl (C=O) groups is 1. The molecule has 0 bridgehead atoms. The van der Waals surface area contributed by atoms with Crippen LogP contribution in [0.3, 0.4) is 0 Å². The summed E-state index contributed by atoms with van der Waals surface area (Å²) in [5.74, 6) is -0.416. The second-order valence-electron chi connectivity index (χ2n) is 11.2. The first-order chi connectivity index (χ1) is 20.4. The molecule has 0 saturated heterocycles. The van der Waals surface area contributed by atoms with Crippen LogP contribution < -0.4 is 15.1 Å². The normalized spacial score (nSPS) is 13.0. The van der Waals surface area contributed by atoms with Gasteiger partial charge in [0.05, 0.1) is 30.0 Å². The summed E-state index contributed by atoms with van der Waals surface area (Å²) in [4.78, 5) is 12.3. The van der Waals surface area contributed by atoms with Gasteiger partial charge < -0.3 is 29.2 Å². The smallest absolute Gasteiger partial charge is 0.335 e. The van der Waals surface area contributed by atoms with Crippen molar-refractivity contribution in [1.82, 2.24) is 0 Å². The number of rotatable bonds is 13. The maximum atomic E-state index is 12.3. The highest BCUT2D eigenvalue weighted by molar-refractivity contribution is 14.1. The van der Waals surface area contributed by atoms with Crippen LogP contribution in [0.2, 0.25) is 5.04 Å². The summed E-state index contributed by atoms with van der Waals surface area (Å²) in [6.07, 6.45) is -0.439. The van der Waals surface area contributed by atoms with Crippen LogP contribution in [0.5, 0.6) is 11.5 Å². The van der Waals surface area contributed by atoms with Crippen LogP contribution in [0.15, 0.2) is 90.2 Å². The highest BCUT2D eigenvalue weighted by Crippen LogP contribution is 2.37. The van der Waals surface area contributed by atoms with Gasteiger partial charge in [0.2, 0.25) is 0 Å². The van der Waals surface area contributed by atoms with Gasteiger partial charge in [-0.15, -0.1) is 5.73 Å². The molecule has 9 heteroatoms. The predicted octanol–water partition coefficient (Wildman–Crippen LogP) is 5.40. The van der Waals surface area contributed by atoms with Crippen LogP contribution >= 0.6 is 22.6 Å². The lowest BCUT2D eigenvalue weighted by Gasteiger charge is -2.43. The summed E-state index contributed by atoms with van der Waals surface area (Å²) in [6, 6.07) is 23.7. The molecule has 43 heavy (non-hydrogen) atoms. The fraction of sp³-hybridized carbons (Fsp3) is 0.353. The van der Waals surface area contributed by atoms with Crippen molar-refractivity contribution in [3.8, 4) is 11.5 Å². The number of aromatic hydroxyl groups is 1. The summed E-state index contributed by atoms with van der Waals surface area (Å²) in [5, 5.41) is 33.7. The van der Waals surface area contributed by atoms with Crippen molar-refractivity contribution in [2.45, 2.75) is 57.8 Å². The summed E-state index contributed by atoms with van der Waals surface area (Å²) in [5.41, 5.74) is 4.35. The molecule has 3 rings (SSSR count). The van der Waals surface area contributed by atoms with Gasteiger partial charge in [0.25, 0.3) is 8.32 Å². The first-order valence-electron chi connectivity index (χ1n) is 14.2. The standard InChI is InChI=1S/C34H41IO7Si/c1-6-41-33(39)30(37)20-24(14-13-19-29(36)25-21-28(35)32(38)31(22-25)40-5)23-42-43(34(2,3)4,26-15-9-7-10-16-26)27-17-11-8-12-18-27/h7-13,15-18,21-22,29-30,36-38H,6,19-20,23H2,1-5H3/t14?,29-,30-/m1/s1. The van der Waals surface area contributed by atoms with E-state index in [1.165, 1.54) is 7.11 Å². The lowest BCUT2D eigenvalue weighted by Crippen LogP contribution is -2.66. The lowest BCUT2D eigenvalue weighted by molar-refractivity contribution is -0.152. The van der Waals surface area contributed by atoms with E-state index in [1.54, 1.807) is 25.1 Å². The van der Waals surface area contributed by atoms with Gasteiger partial charge >= 0.3 is 5.97 Å². The van der Waals surface area contributed by atoms with E-state index >= 15 is 0 Å². The molecule has 3 N–H and O–H groups in total. The molecule has 0 aliphatic rings. The van der Waals surface area contributed by atoms with E-state index in [0.29, 0.717) is 14.7 Å². The van der Waals surface area contributed by atoms with Gasteiger partial charge in [0, 0.05) is 12.8 Å². The Labute approximate surface area is 269 Å². The van der Waals surface area contributed by atoms with Gasteiger partial charge in [-0.1, -0.05) is 81.4 Å². The summed E-state index contributed by atoms with van der Waals surface area (Å²) in [7, 11) is -1.45. The minimum Gasteiger partial charge on any atom is -0.504 e. The van der Waals surface area contributed by atoms with Gasteiger partial charge in [-0.3, -0.25) is 0 Å². The van der Waals surface area contributed by atoms with Crippen LogP contribution in [0.25, 0.3) is 0 Å². The van der Waals surface area contributed by atoms with E-state index in [9.17, 15) is 20.1 Å². The number of phenolic OH excluding ortho intramolecular Hbond substituents is 1. The Morgan fingerprint density at radius 1 is 1.02 bits per heavy atom. The minimum atomic E-state index is -2.90. The van der Waals surface area contributed by atoms with E-state index in [2.05, 4.69) is 50.8 Å². The molecule has 7 nitrogen and oxygen atoms in total. The van der Waals surface area contributed by atoms with Crippen molar-refractivity contribution in [2.75, 3.05) is 20.3 Å². The Morgan fingerprint density at radius 3 is 2.12 bits per heavy atom. The predicted molar refractivity (Wildman–Crippen MR) is 179 cm³/mol. The molecule has 0 fully saturated rings. The second kappa shape index (κ2) is 15.7. The molecule has 0 aromatic heterocycles. The molecule has 0 aliphatic heterocycles. The van der Waals surface area contributed by atoms with Crippen molar-refractivity contribution in [3.63, 3.8) is 0 Å². The van der Waals surface area contributed by atoms with Gasteiger partial charge in [-0.05, 0) is 74.3 Å². The average Bonchev–Trinajstić information content (AvgIpc) is 2.99. The van der Waals surface area contributed by atoms with Gasteiger partial charge in [0.15, 0.2) is 17.6 Å². The number of esters is 1. The fourth-order valence-electron chi connectivity index (χ4n) is 5.06. The molecule has 2 atom stereocenters. The number of benzene rings is 3. The third-order valence-electron chi connectivity index (χ3n) is 7.18. The van der Waals surface area contributed by atoms with E-state index in [0.717, 1.165) is 10.4 Å². The SMILES string of the molecule is CCOC(=O)[C@H](O)CC(=C=CC[C@@H](O)c1cc(I)c(O)c(OC)c1)CO[Si](c1ccccc1)(c1ccccc1)C(C)(C)C. The van der Waals surface area contributed by atoms with Crippen LogP contribution in [0.1, 0.15) is 52.2 Å². The average molecular weight is 717 g/mol. The lowest BCUT2D eigenvalue weighted by atomic mass is 10.0. The number of hydrogen-bond donors (Lipinski definition) is 3. The number of aliphatic hydroxyl groups excluding tert-OH is 2. The minimum absolute atomic E-state index is 0.0187. The summed E-state index contributed by atoms with van der Waals surface area (Å²) in [6.45, 7) is 8.49. The molecule has 0 radical (unpaired) electrons. The van der Waals surface area contributed by atoms with Crippen molar-refractivity contribution < 1.29 is 34.0 Å². The Bertz CT molecular complexity index is 1370. The molecular formula is C34H41IO7Si. The molecule has 3 aromatic carbocycles. The molecule has 0 aliphatic carbocycles. The van der Waals surface area contributed by atoms with Crippen molar-refractivity contribution in [3.05, 3.63) is 99.3 Å². The van der Waals surface area contributed by atoms with Crippen molar-refractivity contribution >= 4 is 47.3 Å². The highest BCUT2D eigenvalue weighted by atomic mass is 127. The Balaban J connectivity index is 2.01. The zero-order chi connectivity index (χ0) is 31.6. The first kappa shape index (κ1) is 34.6. The number of ether oxygens (including phenoxy) is 2. The van der Waals surface area contributed by atoms with Gasteiger partial charge in [-0.2, -0.15) is 0 Å². The van der Waals surface area contributed by atoms with E-state index in [1.807, 2.05) is 59.0 Å². The maximum Gasteiger partial charge on any atom is 0.335 e. The largest absolute Gasteiger partial charge is 0.504 e. The highest BCUT2D eigenvalue weighted by Gasteiger charge is 2.50. The van der Waals surface area contributed by atoms with Crippen molar-refractivity contribution in [1.29, 1.82) is 0 Å². The van der Waals surface area contributed by atoms with Crippen LogP contribution in [-0.4, -0.2) is 56.0 Å². The first-order valence-corrected chi connectivity index (χ1v) is 17.2. The number of carbonyl (C=O) groups excluding carboxylic acids is 1.